The molecule has 0 aliphatic rings. The van der Waals surface area contributed by atoms with Crippen molar-refractivity contribution in [3.05, 3.63) is 0 Å². The smallest absolute Gasteiger partial charge is 0.237 e. The standard InChI is InChI=1S/C12H24N2O2.C4H11N.CH3NO/c1-5-7-13-11(9(3)4)12(16)14-8-10(15)6-2;1-3-4-5-2;2-1-3/h9,11,13H,5-8H2,1-4H3,(H,14,16);5H,3-4H2,1-2H3;1H,(H2,2,3). The third-order valence-electron chi connectivity index (χ3n) is 2.92. The second-order valence-electron chi connectivity index (χ2n) is 5.53. The molecule has 0 heterocycles. The summed E-state index contributed by atoms with van der Waals surface area (Å²) in [5.41, 5.74) is 4.17. The van der Waals surface area contributed by atoms with Crippen molar-refractivity contribution in [1.82, 2.24) is 16.0 Å². The molecular formula is C17H38N4O3. The van der Waals surface area contributed by atoms with E-state index in [-0.39, 0.29) is 36.6 Å². The number of hydrogen-bond donors (Lipinski definition) is 4. The summed E-state index contributed by atoms with van der Waals surface area (Å²) in [6.07, 6.45) is 2.94. The van der Waals surface area contributed by atoms with Crippen molar-refractivity contribution in [3.63, 3.8) is 0 Å². The van der Waals surface area contributed by atoms with Gasteiger partial charge < -0.3 is 21.7 Å². The fraction of sp³-hybridized carbons (Fsp3) is 0.824. The molecule has 0 aromatic rings. The summed E-state index contributed by atoms with van der Waals surface area (Å²) in [6, 6.07) is -0.204. The molecule has 2 amide bonds. The number of primary amides is 1. The van der Waals surface area contributed by atoms with E-state index in [9.17, 15) is 9.59 Å². The zero-order valence-electron chi connectivity index (χ0n) is 16.3. The van der Waals surface area contributed by atoms with E-state index in [0.717, 1.165) is 19.5 Å². The SMILES string of the molecule is CCCNC.CCCNC(C(=O)NCC(=O)CC)C(C)C.NC=O. The quantitative estimate of drug-likeness (QED) is 0.437. The van der Waals surface area contributed by atoms with Crippen LogP contribution in [0.5, 0.6) is 0 Å². The molecule has 0 radical (unpaired) electrons. The molecule has 0 aromatic heterocycles. The van der Waals surface area contributed by atoms with Gasteiger partial charge in [0.05, 0.1) is 12.6 Å². The monoisotopic (exact) mass is 346 g/mol. The van der Waals surface area contributed by atoms with Crippen molar-refractivity contribution in [3.8, 4) is 0 Å². The van der Waals surface area contributed by atoms with Crippen molar-refractivity contribution in [2.24, 2.45) is 11.7 Å². The maximum Gasteiger partial charge on any atom is 0.237 e. The second-order valence-corrected chi connectivity index (χ2v) is 5.53. The Morgan fingerprint density at radius 1 is 1.08 bits per heavy atom. The Hall–Kier alpha value is -1.47. The third kappa shape index (κ3) is 20.5. The van der Waals surface area contributed by atoms with Crippen molar-refractivity contribution in [2.45, 2.75) is 59.9 Å². The topological polar surface area (TPSA) is 113 Å². The summed E-state index contributed by atoms with van der Waals surface area (Å²) >= 11 is 0. The van der Waals surface area contributed by atoms with Crippen LogP contribution < -0.4 is 21.7 Å². The molecule has 0 aliphatic carbocycles. The Bertz CT molecular complexity index is 308. The molecule has 24 heavy (non-hydrogen) atoms. The minimum absolute atomic E-state index is 0.0614. The highest BCUT2D eigenvalue weighted by atomic mass is 16.2. The van der Waals surface area contributed by atoms with Crippen LogP contribution in [-0.2, 0) is 14.4 Å². The van der Waals surface area contributed by atoms with E-state index in [0.29, 0.717) is 6.42 Å². The van der Waals surface area contributed by atoms with Crippen LogP contribution in [0.15, 0.2) is 0 Å². The van der Waals surface area contributed by atoms with E-state index >= 15 is 0 Å². The van der Waals surface area contributed by atoms with Crippen molar-refractivity contribution in [1.29, 1.82) is 0 Å². The summed E-state index contributed by atoms with van der Waals surface area (Å²) in [5, 5.41) is 8.88. The number of amides is 2. The van der Waals surface area contributed by atoms with Crippen molar-refractivity contribution >= 4 is 18.1 Å². The van der Waals surface area contributed by atoms with Gasteiger partial charge in [-0.15, -0.1) is 0 Å². The summed E-state index contributed by atoms with van der Waals surface area (Å²) < 4.78 is 0. The summed E-state index contributed by atoms with van der Waals surface area (Å²) in [6.45, 7) is 12.1. The van der Waals surface area contributed by atoms with Crippen LogP contribution in [-0.4, -0.2) is 50.8 Å². The molecule has 1 atom stereocenters. The number of carbonyl (C=O) groups is 3. The Morgan fingerprint density at radius 3 is 1.88 bits per heavy atom. The van der Waals surface area contributed by atoms with Gasteiger partial charge in [-0.2, -0.15) is 0 Å². The normalized spacial score (nSPS) is 10.6. The van der Waals surface area contributed by atoms with Gasteiger partial charge in [0.25, 0.3) is 0 Å². The summed E-state index contributed by atoms with van der Waals surface area (Å²) in [7, 11) is 1.96. The molecule has 1 unspecified atom stereocenters. The first-order valence-electron chi connectivity index (χ1n) is 8.68. The first-order chi connectivity index (χ1) is 11.4. The number of nitrogens with two attached hydrogens (primary N) is 1. The van der Waals surface area contributed by atoms with Crippen LogP contribution in [0.1, 0.15) is 53.9 Å². The Labute approximate surface area is 147 Å². The number of Topliss-reactive ketones (excluding diaryl/α,β-unsaturated/α-hetero) is 1. The van der Waals surface area contributed by atoms with E-state index in [1.54, 1.807) is 6.92 Å². The van der Waals surface area contributed by atoms with Crippen LogP contribution in [0.4, 0.5) is 0 Å². The predicted octanol–water partition coefficient (Wildman–Crippen LogP) is 0.823. The summed E-state index contributed by atoms with van der Waals surface area (Å²) in [4.78, 5) is 31.5. The lowest BCUT2D eigenvalue weighted by molar-refractivity contribution is -0.127. The lowest BCUT2D eigenvalue weighted by Gasteiger charge is -2.21. The van der Waals surface area contributed by atoms with E-state index in [4.69, 9.17) is 4.79 Å². The first kappa shape index (κ1) is 27.4. The van der Waals surface area contributed by atoms with E-state index in [2.05, 4.69) is 35.5 Å². The highest BCUT2D eigenvalue weighted by molar-refractivity contribution is 5.88. The van der Waals surface area contributed by atoms with Gasteiger partial charge in [-0.05, 0) is 38.9 Å². The molecule has 7 heteroatoms. The Kier molecular flexibility index (Phi) is 24.6. The number of carbonyl (C=O) groups excluding carboxylic acids is 3. The lowest BCUT2D eigenvalue weighted by atomic mass is 10.0. The molecule has 5 N–H and O–H groups in total. The minimum atomic E-state index is -0.204. The summed E-state index contributed by atoms with van der Waals surface area (Å²) in [5.74, 6) is 0.208. The van der Waals surface area contributed by atoms with Crippen LogP contribution in [0.25, 0.3) is 0 Å². The highest BCUT2D eigenvalue weighted by Gasteiger charge is 2.21. The average Bonchev–Trinajstić information content (AvgIpc) is 2.54. The maximum atomic E-state index is 11.8. The lowest BCUT2D eigenvalue weighted by Crippen LogP contribution is -2.48. The van der Waals surface area contributed by atoms with E-state index in [1.807, 2.05) is 20.9 Å². The van der Waals surface area contributed by atoms with Gasteiger partial charge in [0.15, 0.2) is 5.78 Å². The molecule has 0 rings (SSSR count). The maximum absolute atomic E-state index is 11.8. The van der Waals surface area contributed by atoms with E-state index in [1.165, 1.54) is 6.42 Å². The highest BCUT2D eigenvalue weighted by Crippen LogP contribution is 2.01. The van der Waals surface area contributed by atoms with Crippen LogP contribution >= 0.6 is 0 Å². The fourth-order valence-corrected chi connectivity index (χ4v) is 1.60. The number of hydrogen-bond acceptors (Lipinski definition) is 5. The van der Waals surface area contributed by atoms with Crippen molar-refractivity contribution in [2.75, 3.05) is 26.7 Å². The van der Waals surface area contributed by atoms with Gasteiger partial charge in [-0.25, -0.2) is 0 Å². The second kappa shape index (κ2) is 21.5. The molecule has 0 aliphatic heterocycles. The third-order valence-corrected chi connectivity index (χ3v) is 2.92. The minimum Gasteiger partial charge on any atom is -0.372 e. The Morgan fingerprint density at radius 2 is 1.58 bits per heavy atom. The molecule has 144 valence electrons. The largest absolute Gasteiger partial charge is 0.372 e. The van der Waals surface area contributed by atoms with Crippen LogP contribution in [0.3, 0.4) is 0 Å². The van der Waals surface area contributed by atoms with Gasteiger partial charge in [-0.1, -0.05) is 34.6 Å². The van der Waals surface area contributed by atoms with Crippen molar-refractivity contribution < 1.29 is 14.4 Å². The molecule has 0 saturated carbocycles. The molecule has 0 aromatic carbocycles. The Balaban J connectivity index is -0.000000458. The van der Waals surface area contributed by atoms with Gasteiger partial charge >= 0.3 is 0 Å². The van der Waals surface area contributed by atoms with Gasteiger partial charge in [0, 0.05) is 6.42 Å². The zero-order valence-corrected chi connectivity index (χ0v) is 16.3. The van der Waals surface area contributed by atoms with E-state index < -0.39 is 0 Å². The number of nitrogens with one attached hydrogen (secondary N) is 3. The first-order valence-corrected chi connectivity index (χ1v) is 8.68. The molecule has 0 spiro atoms. The van der Waals surface area contributed by atoms with Gasteiger partial charge in [-0.3, -0.25) is 14.4 Å². The molecule has 0 bridgehead atoms. The average molecular weight is 347 g/mol. The molecule has 7 nitrogen and oxygen atoms in total. The van der Waals surface area contributed by atoms with Crippen LogP contribution in [0, 0.1) is 5.92 Å². The molecule has 0 saturated heterocycles. The number of ketones is 1. The zero-order chi connectivity index (χ0) is 19.4. The van der Waals surface area contributed by atoms with Gasteiger partial charge in [0.2, 0.25) is 12.3 Å². The van der Waals surface area contributed by atoms with Crippen LogP contribution in [0.2, 0.25) is 0 Å². The fourth-order valence-electron chi connectivity index (χ4n) is 1.60. The molecule has 0 fully saturated rings. The number of rotatable bonds is 10. The van der Waals surface area contributed by atoms with Gasteiger partial charge in [0.1, 0.15) is 0 Å². The molecular weight excluding hydrogens is 308 g/mol. The predicted molar refractivity (Wildman–Crippen MR) is 99.7 cm³/mol.